The van der Waals surface area contributed by atoms with E-state index in [0.717, 1.165) is 5.56 Å². The molecule has 7 nitrogen and oxygen atoms in total. The zero-order valence-corrected chi connectivity index (χ0v) is 15.3. The summed E-state index contributed by atoms with van der Waals surface area (Å²) in [5.74, 6) is -0.908. The first-order chi connectivity index (χ1) is 12.9. The Hall–Kier alpha value is -3.35. The highest BCUT2D eigenvalue weighted by atomic mass is 16.5. The van der Waals surface area contributed by atoms with Gasteiger partial charge in [-0.1, -0.05) is 43.3 Å². The smallest absolute Gasteiger partial charge is 0.338 e. The summed E-state index contributed by atoms with van der Waals surface area (Å²) in [6.07, 6.45) is -0.951. The predicted octanol–water partition coefficient (Wildman–Crippen LogP) is 2.64. The fraction of sp³-hybridized carbons (Fsp3) is 0.250. The van der Waals surface area contributed by atoms with Crippen molar-refractivity contribution in [2.24, 2.45) is 5.73 Å². The molecular formula is C20H23N3O4. The molecule has 0 unspecified atom stereocenters. The highest BCUT2D eigenvalue weighted by molar-refractivity contribution is 5.94. The quantitative estimate of drug-likeness (QED) is 0.652. The first-order valence-corrected chi connectivity index (χ1v) is 8.57. The van der Waals surface area contributed by atoms with Gasteiger partial charge in [0.25, 0.3) is 5.91 Å². The Morgan fingerprint density at radius 1 is 1.04 bits per heavy atom. The van der Waals surface area contributed by atoms with Crippen LogP contribution in [0.1, 0.15) is 35.7 Å². The summed E-state index contributed by atoms with van der Waals surface area (Å²) in [6, 6.07) is 15.2. The summed E-state index contributed by atoms with van der Waals surface area (Å²) in [7, 11) is 0. The lowest BCUT2D eigenvalue weighted by Crippen LogP contribution is -2.37. The fourth-order valence-corrected chi connectivity index (χ4v) is 2.45. The molecule has 3 amide bonds. The second-order valence-corrected chi connectivity index (χ2v) is 6.17. The van der Waals surface area contributed by atoms with E-state index < -0.39 is 18.1 Å². The second kappa shape index (κ2) is 9.38. The topological polar surface area (TPSA) is 111 Å². The van der Waals surface area contributed by atoms with Crippen LogP contribution in [-0.4, -0.2) is 30.6 Å². The molecular weight excluding hydrogens is 346 g/mol. The van der Waals surface area contributed by atoms with Crippen LogP contribution in [0.4, 0.5) is 10.5 Å². The Morgan fingerprint density at radius 2 is 1.74 bits per heavy atom. The molecule has 142 valence electrons. The zero-order valence-electron chi connectivity index (χ0n) is 15.3. The summed E-state index contributed by atoms with van der Waals surface area (Å²) in [6.45, 7) is 3.94. The summed E-state index contributed by atoms with van der Waals surface area (Å²) in [5, 5.41) is 5.16. The third-order valence-electron chi connectivity index (χ3n) is 3.97. The Bertz CT molecular complexity index is 808. The molecule has 2 aromatic carbocycles. The maximum absolute atomic E-state index is 12.2. The van der Waals surface area contributed by atoms with Crippen molar-refractivity contribution in [3.05, 3.63) is 65.7 Å². The van der Waals surface area contributed by atoms with Crippen LogP contribution >= 0.6 is 0 Å². The average molecular weight is 369 g/mol. The molecule has 7 heteroatoms. The summed E-state index contributed by atoms with van der Waals surface area (Å²) >= 11 is 0. The molecule has 0 fully saturated rings. The summed E-state index contributed by atoms with van der Waals surface area (Å²) in [5.41, 5.74) is 6.74. The molecule has 2 rings (SSSR count). The Kier molecular flexibility index (Phi) is 6.93. The zero-order chi connectivity index (χ0) is 19.8. The Morgan fingerprint density at radius 3 is 2.41 bits per heavy atom. The van der Waals surface area contributed by atoms with Crippen molar-refractivity contribution in [3.8, 4) is 0 Å². The van der Waals surface area contributed by atoms with Crippen molar-refractivity contribution in [1.82, 2.24) is 5.32 Å². The molecule has 0 saturated heterocycles. The largest absolute Gasteiger partial charge is 0.449 e. The van der Waals surface area contributed by atoms with E-state index in [2.05, 4.69) is 10.6 Å². The van der Waals surface area contributed by atoms with Gasteiger partial charge in [0.15, 0.2) is 6.10 Å². The van der Waals surface area contributed by atoms with E-state index in [9.17, 15) is 14.4 Å². The molecule has 0 aromatic heterocycles. The number of rotatable bonds is 7. The number of nitrogens with one attached hydrogen (secondary N) is 2. The molecule has 0 aliphatic carbocycles. The van der Waals surface area contributed by atoms with Gasteiger partial charge < -0.3 is 21.1 Å². The van der Waals surface area contributed by atoms with Crippen molar-refractivity contribution in [1.29, 1.82) is 0 Å². The van der Waals surface area contributed by atoms with Crippen molar-refractivity contribution in [2.45, 2.75) is 25.9 Å². The number of ether oxygens (including phenoxy) is 1. The van der Waals surface area contributed by atoms with Crippen LogP contribution in [0.3, 0.4) is 0 Å². The van der Waals surface area contributed by atoms with Crippen molar-refractivity contribution >= 4 is 23.6 Å². The van der Waals surface area contributed by atoms with Crippen molar-refractivity contribution in [3.63, 3.8) is 0 Å². The van der Waals surface area contributed by atoms with E-state index in [1.807, 2.05) is 37.3 Å². The lowest BCUT2D eigenvalue weighted by Gasteiger charge is -2.17. The van der Waals surface area contributed by atoms with Crippen molar-refractivity contribution in [2.75, 3.05) is 11.9 Å². The van der Waals surface area contributed by atoms with Gasteiger partial charge in [0.2, 0.25) is 0 Å². The third kappa shape index (κ3) is 6.14. The van der Waals surface area contributed by atoms with Crippen LogP contribution in [0.5, 0.6) is 0 Å². The van der Waals surface area contributed by atoms with Gasteiger partial charge in [-0.25, -0.2) is 9.59 Å². The number of carbonyl (C=O) groups is 3. The minimum absolute atomic E-state index is 0.134. The molecule has 0 aliphatic rings. The summed E-state index contributed by atoms with van der Waals surface area (Å²) < 4.78 is 5.20. The lowest BCUT2D eigenvalue weighted by atomic mass is 10.0. The van der Waals surface area contributed by atoms with E-state index in [1.54, 1.807) is 12.1 Å². The third-order valence-corrected chi connectivity index (χ3v) is 3.97. The van der Waals surface area contributed by atoms with Gasteiger partial charge in [-0.05, 0) is 36.6 Å². The van der Waals surface area contributed by atoms with Crippen LogP contribution in [0, 0.1) is 0 Å². The van der Waals surface area contributed by atoms with E-state index >= 15 is 0 Å². The first-order valence-electron chi connectivity index (χ1n) is 8.57. The Balaban J connectivity index is 1.88. The molecule has 0 bridgehead atoms. The molecule has 0 heterocycles. The number of primary amides is 1. The standard InChI is InChI=1S/C20H23N3O4/c1-13(15-7-4-3-5-8-15)12-22-18(24)14(2)27-19(25)16-9-6-10-17(11-16)23-20(21)26/h3-11,13-14H,12H2,1-2H3,(H,22,24)(H3,21,23,26)/t13-,14-/m0/s1. The van der Waals surface area contributed by atoms with Gasteiger partial charge in [0.1, 0.15) is 0 Å². The first kappa shape index (κ1) is 20.0. The highest BCUT2D eigenvalue weighted by Gasteiger charge is 2.19. The van der Waals surface area contributed by atoms with Gasteiger partial charge in [-0.15, -0.1) is 0 Å². The van der Waals surface area contributed by atoms with Crippen LogP contribution in [0.15, 0.2) is 54.6 Å². The minimum atomic E-state index is -0.951. The van der Waals surface area contributed by atoms with Gasteiger partial charge in [0, 0.05) is 12.2 Å². The van der Waals surface area contributed by atoms with Crippen molar-refractivity contribution < 1.29 is 19.1 Å². The number of anilines is 1. The fourth-order valence-electron chi connectivity index (χ4n) is 2.45. The molecule has 0 spiro atoms. The molecule has 0 aliphatic heterocycles. The molecule has 27 heavy (non-hydrogen) atoms. The molecule has 0 saturated carbocycles. The number of hydrogen-bond donors (Lipinski definition) is 3. The van der Waals surface area contributed by atoms with Crippen LogP contribution in [0.25, 0.3) is 0 Å². The number of urea groups is 1. The monoisotopic (exact) mass is 369 g/mol. The van der Waals surface area contributed by atoms with E-state index in [0.29, 0.717) is 12.2 Å². The number of hydrogen-bond acceptors (Lipinski definition) is 4. The number of carbonyl (C=O) groups excluding carboxylic acids is 3. The SMILES string of the molecule is C[C@H](OC(=O)c1cccc(NC(N)=O)c1)C(=O)NC[C@H](C)c1ccccc1. The maximum atomic E-state index is 12.2. The maximum Gasteiger partial charge on any atom is 0.338 e. The lowest BCUT2D eigenvalue weighted by molar-refractivity contribution is -0.129. The predicted molar refractivity (Wildman–Crippen MR) is 102 cm³/mol. The molecule has 0 radical (unpaired) electrons. The second-order valence-electron chi connectivity index (χ2n) is 6.17. The summed E-state index contributed by atoms with van der Waals surface area (Å²) in [4.78, 5) is 35.3. The number of amides is 3. The number of benzene rings is 2. The van der Waals surface area contributed by atoms with Gasteiger partial charge in [-0.2, -0.15) is 0 Å². The molecule has 2 aromatic rings. The van der Waals surface area contributed by atoms with E-state index in [-0.39, 0.29) is 17.4 Å². The highest BCUT2D eigenvalue weighted by Crippen LogP contribution is 2.14. The van der Waals surface area contributed by atoms with E-state index in [4.69, 9.17) is 10.5 Å². The van der Waals surface area contributed by atoms with E-state index in [1.165, 1.54) is 19.1 Å². The number of esters is 1. The van der Waals surface area contributed by atoms with Gasteiger partial charge in [0.05, 0.1) is 5.56 Å². The normalized spacial score (nSPS) is 12.5. The number of nitrogens with two attached hydrogens (primary N) is 1. The Labute approximate surface area is 157 Å². The molecule has 4 N–H and O–H groups in total. The average Bonchev–Trinajstić information content (AvgIpc) is 2.66. The van der Waals surface area contributed by atoms with Crippen LogP contribution in [0.2, 0.25) is 0 Å². The van der Waals surface area contributed by atoms with Gasteiger partial charge in [-0.3, -0.25) is 4.79 Å². The van der Waals surface area contributed by atoms with Crippen LogP contribution < -0.4 is 16.4 Å². The van der Waals surface area contributed by atoms with Crippen LogP contribution in [-0.2, 0) is 9.53 Å². The van der Waals surface area contributed by atoms with Gasteiger partial charge >= 0.3 is 12.0 Å². The molecule has 2 atom stereocenters. The minimum Gasteiger partial charge on any atom is -0.449 e.